The Bertz CT molecular complexity index is 380. The van der Waals surface area contributed by atoms with Crippen molar-refractivity contribution >= 4 is 0 Å². The zero-order chi connectivity index (χ0) is 20.5. The van der Waals surface area contributed by atoms with E-state index in [1.165, 1.54) is 6.42 Å². The van der Waals surface area contributed by atoms with Gasteiger partial charge in [0, 0.05) is 13.7 Å². The number of ether oxygens (including phenoxy) is 1. The highest BCUT2D eigenvalue weighted by molar-refractivity contribution is 4.96. The van der Waals surface area contributed by atoms with Gasteiger partial charge < -0.3 is 9.84 Å². The summed E-state index contributed by atoms with van der Waals surface area (Å²) in [5.41, 5.74) is 1.32. The number of hydrogen-bond acceptors (Lipinski definition) is 6. The van der Waals surface area contributed by atoms with Crippen molar-refractivity contribution < 1.29 is 20.4 Å². The summed E-state index contributed by atoms with van der Waals surface area (Å²) in [6.45, 7) is 17.8. The third-order valence-electron chi connectivity index (χ3n) is 2.83. The van der Waals surface area contributed by atoms with Gasteiger partial charge in [0.25, 0.3) is 0 Å². The topological polar surface area (TPSA) is 101 Å². The molecule has 0 radical (unpaired) electrons. The van der Waals surface area contributed by atoms with Crippen molar-refractivity contribution in [3.63, 3.8) is 0 Å². The molecule has 1 aromatic rings. The summed E-state index contributed by atoms with van der Waals surface area (Å²) in [4.78, 5) is 0. The summed E-state index contributed by atoms with van der Waals surface area (Å²) in [5.74, 6) is 1.15. The molecule has 7 heteroatoms. The molecule has 0 unspecified atom stereocenters. The maximum absolute atomic E-state index is 8.14. The first-order valence-corrected chi connectivity index (χ1v) is 8.89. The van der Waals surface area contributed by atoms with Crippen LogP contribution >= 0.6 is 0 Å². The highest BCUT2D eigenvalue weighted by atomic mass is 17.0. The van der Waals surface area contributed by atoms with E-state index in [4.69, 9.17) is 20.4 Å². The molecule has 7 nitrogen and oxygen atoms in total. The molecule has 3 N–H and O–H groups in total. The molecule has 0 fully saturated rings. The second-order valence-electron chi connectivity index (χ2n) is 7.18. The average Bonchev–Trinajstić information content (AvgIpc) is 2.97. The zero-order valence-electron chi connectivity index (χ0n) is 17.7. The minimum atomic E-state index is 0.280. The lowest BCUT2D eigenvalue weighted by Gasteiger charge is -2.25. The Balaban J connectivity index is -0.000000454. The zero-order valence-corrected chi connectivity index (χ0v) is 17.7. The van der Waals surface area contributed by atoms with E-state index in [9.17, 15) is 0 Å². The van der Waals surface area contributed by atoms with Gasteiger partial charge >= 0.3 is 0 Å². The fraction of sp³-hybridized carbons (Fsp3) is 0.889. The highest BCUT2D eigenvalue weighted by Gasteiger charge is 2.21. The van der Waals surface area contributed by atoms with Gasteiger partial charge in [-0.1, -0.05) is 60.6 Å². The quantitative estimate of drug-likeness (QED) is 0.496. The third-order valence-corrected chi connectivity index (χ3v) is 2.83. The van der Waals surface area contributed by atoms with Crippen LogP contribution in [0.1, 0.15) is 67.5 Å². The van der Waals surface area contributed by atoms with E-state index in [-0.39, 0.29) is 5.41 Å². The summed E-state index contributed by atoms with van der Waals surface area (Å²) >= 11 is 0. The Morgan fingerprint density at radius 1 is 1.12 bits per heavy atom. The van der Waals surface area contributed by atoms with Crippen LogP contribution in [0.15, 0.2) is 6.20 Å². The van der Waals surface area contributed by atoms with Crippen LogP contribution in [0.25, 0.3) is 0 Å². The molecule has 0 aliphatic rings. The van der Waals surface area contributed by atoms with Crippen molar-refractivity contribution in [3.05, 3.63) is 11.9 Å². The molecule has 1 rings (SSSR count). The SMILES string of the molecule is CC.CC(C)CO.COCn1cc(CC(C)(C)CC(C)C)nn1.OO. The van der Waals surface area contributed by atoms with E-state index in [1.807, 2.05) is 33.9 Å². The van der Waals surface area contributed by atoms with Gasteiger partial charge in [-0.25, -0.2) is 4.68 Å². The first kappa shape index (κ1) is 28.8. The average molecular weight is 364 g/mol. The van der Waals surface area contributed by atoms with E-state index >= 15 is 0 Å². The Hall–Kier alpha value is -1.02. The molecule has 0 amide bonds. The van der Waals surface area contributed by atoms with Gasteiger partial charge in [-0.05, 0) is 30.1 Å². The van der Waals surface area contributed by atoms with Crippen LogP contribution in [0.3, 0.4) is 0 Å². The summed E-state index contributed by atoms with van der Waals surface area (Å²) in [5, 5.41) is 28.3. The molecule has 0 aromatic carbocycles. The largest absolute Gasteiger partial charge is 0.396 e. The van der Waals surface area contributed by atoms with Gasteiger partial charge in [0.05, 0.1) is 11.9 Å². The standard InChI is InChI=1S/C12H23N3O.C4H10O.C2H6.H2O2/c1-10(2)6-12(3,4)7-11-8-15(9-16-5)14-13-11;1-4(2)3-5;2*1-2/h8,10H,6-7,9H2,1-5H3;4-5H,3H2,1-2H3;1-2H3;1-2H. The molecule has 0 atom stereocenters. The molecule has 0 aliphatic carbocycles. The van der Waals surface area contributed by atoms with Crippen molar-refractivity contribution in [3.8, 4) is 0 Å². The Morgan fingerprint density at radius 3 is 1.96 bits per heavy atom. The number of aliphatic hydroxyl groups excluding tert-OH is 1. The van der Waals surface area contributed by atoms with Crippen LogP contribution in [0, 0.1) is 17.3 Å². The van der Waals surface area contributed by atoms with E-state index < -0.39 is 0 Å². The number of aliphatic hydroxyl groups is 1. The summed E-state index contributed by atoms with van der Waals surface area (Å²) in [6.07, 6.45) is 4.13. The second kappa shape index (κ2) is 17.8. The minimum Gasteiger partial charge on any atom is -0.396 e. The van der Waals surface area contributed by atoms with Crippen molar-refractivity contribution in [1.29, 1.82) is 0 Å². The molecular weight excluding hydrogens is 322 g/mol. The molecule has 1 aromatic heterocycles. The number of hydrogen-bond donors (Lipinski definition) is 3. The van der Waals surface area contributed by atoms with Crippen LogP contribution in [0.4, 0.5) is 0 Å². The number of aromatic nitrogens is 3. The first-order valence-electron chi connectivity index (χ1n) is 8.89. The lowest BCUT2D eigenvalue weighted by atomic mass is 9.80. The molecule has 0 aliphatic heterocycles. The maximum atomic E-state index is 8.14. The Kier molecular flexibility index (Phi) is 20.5. The monoisotopic (exact) mass is 363 g/mol. The lowest BCUT2D eigenvalue weighted by molar-refractivity contribution is -0.176. The van der Waals surface area contributed by atoms with Crippen molar-refractivity contribution in [2.75, 3.05) is 13.7 Å². The predicted octanol–water partition coefficient (Wildman–Crippen LogP) is 4.18. The molecule has 1 heterocycles. The summed E-state index contributed by atoms with van der Waals surface area (Å²) in [7, 11) is 1.66. The van der Waals surface area contributed by atoms with E-state index in [0.29, 0.717) is 25.2 Å². The molecule has 0 saturated heterocycles. The number of nitrogens with zero attached hydrogens (tertiary/aromatic N) is 3. The van der Waals surface area contributed by atoms with Crippen LogP contribution in [-0.4, -0.2) is 44.3 Å². The predicted molar refractivity (Wildman–Crippen MR) is 103 cm³/mol. The van der Waals surface area contributed by atoms with Gasteiger partial charge in [0.15, 0.2) is 0 Å². The normalized spacial score (nSPS) is 10.3. The Labute approximate surface area is 154 Å². The van der Waals surface area contributed by atoms with E-state index in [2.05, 4.69) is 38.0 Å². The first-order chi connectivity index (χ1) is 11.7. The van der Waals surface area contributed by atoms with Crippen LogP contribution in [0.2, 0.25) is 0 Å². The van der Waals surface area contributed by atoms with Gasteiger partial charge in [0.1, 0.15) is 6.73 Å². The number of methoxy groups -OCH3 is 1. The molecule has 0 spiro atoms. The van der Waals surface area contributed by atoms with Crippen molar-refractivity contribution in [2.24, 2.45) is 17.3 Å². The summed E-state index contributed by atoms with van der Waals surface area (Å²) in [6, 6.07) is 0. The van der Waals surface area contributed by atoms with Crippen molar-refractivity contribution in [1.82, 2.24) is 15.0 Å². The van der Waals surface area contributed by atoms with Crippen molar-refractivity contribution in [2.45, 2.75) is 75.0 Å². The van der Waals surface area contributed by atoms with Gasteiger partial charge in [0.2, 0.25) is 0 Å². The fourth-order valence-corrected chi connectivity index (χ4v) is 2.28. The van der Waals surface area contributed by atoms with Gasteiger partial charge in [-0.2, -0.15) is 0 Å². The molecule has 152 valence electrons. The lowest BCUT2D eigenvalue weighted by Crippen LogP contribution is -2.17. The Morgan fingerprint density at radius 2 is 1.60 bits per heavy atom. The second-order valence-corrected chi connectivity index (χ2v) is 7.18. The summed E-state index contributed by atoms with van der Waals surface area (Å²) < 4.78 is 6.72. The van der Waals surface area contributed by atoms with Crippen LogP contribution in [-0.2, 0) is 17.9 Å². The smallest absolute Gasteiger partial charge is 0.140 e. The van der Waals surface area contributed by atoms with E-state index in [1.54, 1.807) is 11.8 Å². The van der Waals surface area contributed by atoms with Crippen LogP contribution in [0.5, 0.6) is 0 Å². The molecule has 0 bridgehead atoms. The fourth-order valence-electron chi connectivity index (χ4n) is 2.28. The highest BCUT2D eigenvalue weighted by Crippen LogP contribution is 2.28. The third kappa shape index (κ3) is 19.2. The van der Waals surface area contributed by atoms with E-state index in [0.717, 1.165) is 12.1 Å². The molecule has 0 saturated carbocycles. The maximum Gasteiger partial charge on any atom is 0.140 e. The molecular formula is C18H41N3O4. The minimum absolute atomic E-state index is 0.280. The van der Waals surface area contributed by atoms with Crippen LogP contribution < -0.4 is 0 Å². The number of rotatable bonds is 7. The van der Waals surface area contributed by atoms with Gasteiger partial charge in [-0.15, -0.1) is 5.10 Å². The molecule has 25 heavy (non-hydrogen) atoms. The van der Waals surface area contributed by atoms with Gasteiger partial charge in [-0.3, -0.25) is 10.5 Å².